The number of anilines is 1. The predicted molar refractivity (Wildman–Crippen MR) is 195 cm³/mol. The van der Waals surface area contributed by atoms with E-state index in [1.807, 2.05) is 43.3 Å². The van der Waals surface area contributed by atoms with Crippen molar-refractivity contribution in [3.8, 4) is 5.75 Å². The summed E-state index contributed by atoms with van der Waals surface area (Å²) < 4.78 is 35.4. The molecule has 1 aliphatic rings. The molecule has 2 amide bonds. The topological polar surface area (TPSA) is 96.0 Å². The molecule has 4 aromatic rings. The number of carbonyl (C=O) groups is 2. The van der Waals surface area contributed by atoms with Gasteiger partial charge in [-0.25, -0.2) is 8.42 Å². The second-order valence-corrected chi connectivity index (χ2v) is 15.0. The predicted octanol–water partition coefficient (Wildman–Crippen LogP) is 7.59. The fraction of sp³-hybridized carbons (Fsp3) is 0.316. The van der Waals surface area contributed by atoms with E-state index in [-0.39, 0.29) is 46.3 Å². The zero-order valence-corrected chi connectivity index (χ0v) is 30.0. The molecule has 4 aromatic carbocycles. The number of ether oxygens (including phenoxy) is 1. The van der Waals surface area contributed by atoms with Crippen LogP contribution in [0.4, 0.5) is 5.69 Å². The smallest absolute Gasteiger partial charge is 0.264 e. The summed E-state index contributed by atoms with van der Waals surface area (Å²) in [7, 11) is -2.92. The van der Waals surface area contributed by atoms with Gasteiger partial charge in [-0.3, -0.25) is 13.9 Å². The van der Waals surface area contributed by atoms with Crippen LogP contribution in [-0.4, -0.2) is 50.9 Å². The highest BCUT2D eigenvalue weighted by Gasteiger charge is 2.36. The van der Waals surface area contributed by atoms with E-state index in [0.29, 0.717) is 10.6 Å². The van der Waals surface area contributed by atoms with Crippen molar-refractivity contribution in [1.29, 1.82) is 0 Å². The quantitative estimate of drug-likeness (QED) is 0.154. The van der Waals surface area contributed by atoms with Crippen LogP contribution in [0.1, 0.15) is 48.8 Å². The molecule has 11 heteroatoms. The first-order chi connectivity index (χ1) is 23.6. The van der Waals surface area contributed by atoms with E-state index >= 15 is 0 Å². The van der Waals surface area contributed by atoms with Crippen LogP contribution in [0.3, 0.4) is 0 Å². The Hall–Kier alpha value is -4.05. The minimum absolute atomic E-state index is 0.00840. The molecule has 258 valence electrons. The first-order valence-corrected chi connectivity index (χ1v) is 18.6. The third-order valence-electron chi connectivity index (χ3n) is 8.82. The molecule has 0 bridgehead atoms. The minimum atomic E-state index is -4.34. The van der Waals surface area contributed by atoms with E-state index in [2.05, 4.69) is 5.32 Å². The molecule has 1 N–H and O–H groups in total. The molecule has 1 aliphatic carbocycles. The van der Waals surface area contributed by atoms with Crippen LogP contribution in [0.2, 0.25) is 10.0 Å². The van der Waals surface area contributed by atoms with Gasteiger partial charge in [0.25, 0.3) is 10.0 Å². The maximum absolute atomic E-state index is 14.8. The summed E-state index contributed by atoms with van der Waals surface area (Å²) in [6.45, 7) is 1.19. The van der Waals surface area contributed by atoms with E-state index in [4.69, 9.17) is 27.9 Å². The fourth-order valence-corrected chi connectivity index (χ4v) is 7.90. The van der Waals surface area contributed by atoms with Gasteiger partial charge in [0.05, 0.1) is 17.7 Å². The third-order valence-corrected chi connectivity index (χ3v) is 11.2. The van der Waals surface area contributed by atoms with Gasteiger partial charge in [-0.15, -0.1) is 0 Å². The normalized spacial score (nSPS) is 14.1. The average Bonchev–Trinajstić information content (AvgIpc) is 3.10. The van der Waals surface area contributed by atoms with Crippen molar-refractivity contribution in [3.05, 3.63) is 124 Å². The molecule has 1 fully saturated rings. The van der Waals surface area contributed by atoms with Gasteiger partial charge in [0.1, 0.15) is 18.3 Å². The Bertz CT molecular complexity index is 1850. The number of nitrogens with zero attached hydrogens (tertiary/aromatic N) is 2. The SMILES string of the molecule is COc1ccc(Cl)cc1N(CC(=O)N(Cc1ccccc1Cl)[C@H](Cc1ccccc1)C(=O)NC1CCCCC1)S(=O)(=O)c1ccc(C)cc1. The lowest BCUT2D eigenvalue weighted by Gasteiger charge is -2.35. The second-order valence-electron chi connectivity index (χ2n) is 12.3. The van der Waals surface area contributed by atoms with Crippen molar-refractivity contribution >= 4 is 50.7 Å². The minimum Gasteiger partial charge on any atom is -0.495 e. The van der Waals surface area contributed by atoms with Crippen LogP contribution < -0.4 is 14.4 Å². The van der Waals surface area contributed by atoms with Gasteiger partial charge in [-0.05, 0) is 67.3 Å². The van der Waals surface area contributed by atoms with Crippen molar-refractivity contribution in [2.75, 3.05) is 18.0 Å². The summed E-state index contributed by atoms with van der Waals surface area (Å²) in [6, 6.07) is 26.6. The fourth-order valence-electron chi connectivity index (χ4n) is 6.12. The van der Waals surface area contributed by atoms with E-state index in [9.17, 15) is 18.0 Å². The molecule has 1 atom stereocenters. The lowest BCUT2D eigenvalue weighted by molar-refractivity contribution is -0.140. The molecule has 0 spiro atoms. The Morgan fingerprint density at radius 1 is 0.898 bits per heavy atom. The summed E-state index contributed by atoms with van der Waals surface area (Å²) in [4.78, 5) is 30.5. The molecule has 0 saturated heterocycles. The first-order valence-electron chi connectivity index (χ1n) is 16.4. The van der Waals surface area contributed by atoms with Gasteiger partial charge in [0.15, 0.2) is 0 Å². The van der Waals surface area contributed by atoms with Crippen molar-refractivity contribution in [1.82, 2.24) is 10.2 Å². The molecule has 5 rings (SSSR count). The average molecular weight is 723 g/mol. The van der Waals surface area contributed by atoms with Crippen LogP contribution in [0, 0.1) is 6.92 Å². The lowest BCUT2D eigenvalue weighted by Crippen LogP contribution is -2.55. The van der Waals surface area contributed by atoms with Gasteiger partial charge in [0.2, 0.25) is 11.8 Å². The summed E-state index contributed by atoms with van der Waals surface area (Å²) >= 11 is 13.0. The molecule has 0 aliphatic heterocycles. The summed E-state index contributed by atoms with van der Waals surface area (Å²) in [5, 5.41) is 3.89. The summed E-state index contributed by atoms with van der Waals surface area (Å²) in [5.41, 5.74) is 2.44. The number of hydrogen-bond acceptors (Lipinski definition) is 5. The number of sulfonamides is 1. The zero-order chi connectivity index (χ0) is 35.0. The van der Waals surface area contributed by atoms with E-state index in [0.717, 1.165) is 47.5 Å². The molecule has 8 nitrogen and oxygen atoms in total. The Kier molecular flexibility index (Phi) is 12.3. The van der Waals surface area contributed by atoms with E-state index < -0.39 is 28.5 Å². The molecule has 0 aromatic heterocycles. The summed E-state index contributed by atoms with van der Waals surface area (Å²) in [5.74, 6) is -0.691. The van der Waals surface area contributed by atoms with Crippen molar-refractivity contribution in [2.24, 2.45) is 0 Å². The highest BCUT2D eigenvalue weighted by Crippen LogP contribution is 2.35. The Labute approximate surface area is 299 Å². The monoisotopic (exact) mass is 721 g/mol. The lowest BCUT2D eigenvalue weighted by atomic mass is 9.94. The van der Waals surface area contributed by atoms with Crippen molar-refractivity contribution < 1.29 is 22.7 Å². The highest BCUT2D eigenvalue weighted by molar-refractivity contribution is 7.92. The standard InChI is InChI=1S/C38H41Cl2N3O5S/c1-27-17-20-32(21-18-27)49(46,47)43(34-24-30(39)19-22-36(34)48-2)26-37(44)42(25-29-13-9-10-16-33(29)40)35(23-28-11-5-3-6-12-28)38(45)41-31-14-7-4-8-15-31/h3,5-6,9-13,16-22,24,31,35H,4,7-8,14-15,23,25-26H2,1-2H3,(H,41,45)/t35-/m1/s1. The summed E-state index contributed by atoms with van der Waals surface area (Å²) in [6.07, 6.45) is 5.09. The molecule has 0 unspecified atom stereocenters. The zero-order valence-electron chi connectivity index (χ0n) is 27.6. The number of benzene rings is 4. The molecule has 1 saturated carbocycles. The van der Waals surface area contributed by atoms with Gasteiger partial charge >= 0.3 is 0 Å². The Morgan fingerprint density at radius 2 is 1.57 bits per heavy atom. The van der Waals surface area contributed by atoms with Gasteiger partial charge in [-0.1, -0.05) is 109 Å². The van der Waals surface area contributed by atoms with Crippen LogP contribution in [0.25, 0.3) is 0 Å². The molecular formula is C38H41Cl2N3O5S. The number of nitrogens with one attached hydrogen (secondary N) is 1. The van der Waals surface area contributed by atoms with Crippen LogP contribution >= 0.6 is 23.2 Å². The third kappa shape index (κ3) is 9.15. The van der Waals surface area contributed by atoms with Gasteiger partial charge in [-0.2, -0.15) is 0 Å². The second kappa shape index (κ2) is 16.6. The first kappa shape index (κ1) is 36.2. The Balaban J connectivity index is 1.61. The van der Waals surface area contributed by atoms with Gasteiger partial charge in [0, 0.05) is 29.1 Å². The maximum Gasteiger partial charge on any atom is 0.264 e. The number of aryl methyl sites for hydroxylation is 1. The molecule has 49 heavy (non-hydrogen) atoms. The number of methoxy groups -OCH3 is 1. The molecule has 0 radical (unpaired) electrons. The van der Waals surface area contributed by atoms with Crippen LogP contribution in [-0.2, 0) is 32.6 Å². The highest BCUT2D eigenvalue weighted by atomic mass is 35.5. The molecular weight excluding hydrogens is 681 g/mol. The number of carbonyl (C=O) groups excluding carboxylic acids is 2. The molecule has 0 heterocycles. The number of amides is 2. The number of halogens is 2. The van der Waals surface area contributed by atoms with Crippen molar-refractivity contribution in [2.45, 2.75) is 69.0 Å². The Morgan fingerprint density at radius 3 is 2.24 bits per heavy atom. The van der Waals surface area contributed by atoms with Gasteiger partial charge < -0.3 is 15.0 Å². The van der Waals surface area contributed by atoms with Crippen LogP contribution in [0.15, 0.2) is 102 Å². The van der Waals surface area contributed by atoms with Crippen LogP contribution in [0.5, 0.6) is 5.75 Å². The van der Waals surface area contributed by atoms with E-state index in [1.54, 1.807) is 42.5 Å². The van der Waals surface area contributed by atoms with Crippen molar-refractivity contribution in [3.63, 3.8) is 0 Å². The number of rotatable bonds is 13. The maximum atomic E-state index is 14.8. The number of hydrogen-bond donors (Lipinski definition) is 1. The van der Waals surface area contributed by atoms with E-state index in [1.165, 1.54) is 30.2 Å². The largest absolute Gasteiger partial charge is 0.495 e.